The van der Waals surface area contributed by atoms with Crippen LogP contribution in [-0.4, -0.2) is 16.5 Å². The standard InChI is InChI=1S/C15H16ClN5/c1-4-18-14-9(2)15(20-10(3)19-14)21-13-6-5-11(8-17)7-12(13)16/h5-7H,4H2,1-3H3,(H2,18,19,20,21). The summed E-state index contributed by atoms with van der Waals surface area (Å²) in [6, 6.07) is 7.16. The van der Waals surface area contributed by atoms with Crippen LogP contribution in [0.25, 0.3) is 0 Å². The van der Waals surface area contributed by atoms with Gasteiger partial charge in [-0.05, 0) is 39.0 Å². The van der Waals surface area contributed by atoms with Crippen LogP contribution in [-0.2, 0) is 0 Å². The molecule has 21 heavy (non-hydrogen) atoms. The molecule has 0 aliphatic rings. The number of aromatic nitrogens is 2. The van der Waals surface area contributed by atoms with Crippen LogP contribution >= 0.6 is 11.6 Å². The second kappa shape index (κ2) is 6.42. The highest BCUT2D eigenvalue weighted by Crippen LogP contribution is 2.28. The van der Waals surface area contributed by atoms with Crippen LogP contribution in [0.2, 0.25) is 5.02 Å². The van der Waals surface area contributed by atoms with E-state index in [0.29, 0.717) is 27.9 Å². The van der Waals surface area contributed by atoms with Crippen LogP contribution in [0.3, 0.4) is 0 Å². The molecule has 1 aromatic carbocycles. The van der Waals surface area contributed by atoms with E-state index in [-0.39, 0.29) is 0 Å². The van der Waals surface area contributed by atoms with Crippen molar-refractivity contribution in [1.29, 1.82) is 5.26 Å². The molecule has 0 spiro atoms. The number of halogens is 1. The average molecular weight is 302 g/mol. The van der Waals surface area contributed by atoms with Crippen molar-refractivity contribution in [3.8, 4) is 6.07 Å². The largest absolute Gasteiger partial charge is 0.370 e. The first-order chi connectivity index (χ1) is 10.0. The van der Waals surface area contributed by atoms with E-state index in [0.717, 1.165) is 17.9 Å². The van der Waals surface area contributed by atoms with E-state index < -0.39 is 0 Å². The molecule has 6 heteroatoms. The fraction of sp³-hybridized carbons (Fsp3) is 0.267. The van der Waals surface area contributed by atoms with Gasteiger partial charge in [0.2, 0.25) is 0 Å². The molecule has 0 aliphatic heterocycles. The van der Waals surface area contributed by atoms with Crippen LogP contribution < -0.4 is 10.6 Å². The topological polar surface area (TPSA) is 73.6 Å². The first kappa shape index (κ1) is 15.1. The zero-order valence-corrected chi connectivity index (χ0v) is 12.9. The van der Waals surface area contributed by atoms with Gasteiger partial charge in [0.15, 0.2) is 0 Å². The number of aryl methyl sites for hydroxylation is 1. The number of hydrogen-bond acceptors (Lipinski definition) is 5. The lowest BCUT2D eigenvalue weighted by Gasteiger charge is -2.14. The van der Waals surface area contributed by atoms with Gasteiger partial charge >= 0.3 is 0 Å². The zero-order valence-electron chi connectivity index (χ0n) is 12.2. The molecule has 0 bridgehead atoms. The van der Waals surface area contributed by atoms with Gasteiger partial charge in [-0.2, -0.15) is 5.26 Å². The Kier molecular flexibility index (Phi) is 4.61. The van der Waals surface area contributed by atoms with Crippen LogP contribution in [0.4, 0.5) is 17.3 Å². The van der Waals surface area contributed by atoms with Crippen molar-refractivity contribution in [1.82, 2.24) is 9.97 Å². The zero-order chi connectivity index (χ0) is 15.4. The van der Waals surface area contributed by atoms with Crippen molar-refractivity contribution in [3.63, 3.8) is 0 Å². The molecule has 1 heterocycles. The number of rotatable bonds is 4. The summed E-state index contributed by atoms with van der Waals surface area (Å²) in [5.41, 5.74) is 2.15. The van der Waals surface area contributed by atoms with Gasteiger partial charge in [0, 0.05) is 12.1 Å². The summed E-state index contributed by atoms with van der Waals surface area (Å²) in [7, 11) is 0. The third-order valence-electron chi connectivity index (χ3n) is 2.95. The van der Waals surface area contributed by atoms with E-state index in [1.165, 1.54) is 0 Å². The Balaban J connectivity index is 2.38. The highest BCUT2D eigenvalue weighted by atomic mass is 35.5. The Labute approximate surface area is 129 Å². The molecule has 0 saturated carbocycles. The highest BCUT2D eigenvalue weighted by molar-refractivity contribution is 6.33. The third-order valence-corrected chi connectivity index (χ3v) is 3.27. The number of nitrogens with zero attached hydrogens (tertiary/aromatic N) is 3. The summed E-state index contributed by atoms with van der Waals surface area (Å²) in [4.78, 5) is 8.79. The number of hydrogen-bond donors (Lipinski definition) is 2. The summed E-state index contributed by atoms with van der Waals surface area (Å²) in [5, 5.41) is 15.7. The molecule has 0 unspecified atom stereocenters. The van der Waals surface area contributed by atoms with Crippen molar-refractivity contribution in [3.05, 3.63) is 40.2 Å². The predicted molar refractivity (Wildman–Crippen MR) is 85.1 cm³/mol. The first-order valence-corrected chi connectivity index (χ1v) is 6.98. The van der Waals surface area contributed by atoms with Gasteiger partial charge in [-0.1, -0.05) is 11.6 Å². The van der Waals surface area contributed by atoms with Crippen molar-refractivity contribution < 1.29 is 0 Å². The Hall–Kier alpha value is -2.32. The second-order valence-electron chi connectivity index (χ2n) is 4.55. The van der Waals surface area contributed by atoms with Crippen LogP contribution in [0.1, 0.15) is 23.9 Å². The lowest BCUT2D eigenvalue weighted by atomic mass is 10.2. The molecular weight excluding hydrogens is 286 g/mol. The lowest BCUT2D eigenvalue weighted by Crippen LogP contribution is -2.07. The normalized spacial score (nSPS) is 10.0. The first-order valence-electron chi connectivity index (χ1n) is 6.61. The fourth-order valence-electron chi connectivity index (χ4n) is 1.90. The van der Waals surface area contributed by atoms with Crippen LogP contribution in [0, 0.1) is 25.2 Å². The second-order valence-corrected chi connectivity index (χ2v) is 4.96. The number of nitriles is 1. The molecule has 108 valence electrons. The molecule has 0 amide bonds. The molecule has 0 radical (unpaired) electrons. The molecule has 0 saturated heterocycles. The minimum absolute atomic E-state index is 0.481. The maximum atomic E-state index is 8.86. The molecule has 0 aliphatic carbocycles. The van der Waals surface area contributed by atoms with Crippen LogP contribution in [0.5, 0.6) is 0 Å². The molecule has 0 atom stereocenters. The van der Waals surface area contributed by atoms with Gasteiger partial charge in [0.05, 0.1) is 22.3 Å². The lowest BCUT2D eigenvalue weighted by molar-refractivity contribution is 1.02. The van der Waals surface area contributed by atoms with Crippen molar-refractivity contribution >= 4 is 28.9 Å². The molecule has 0 fully saturated rings. The summed E-state index contributed by atoms with van der Waals surface area (Å²) in [6.07, 6.45) is 0. The molecule has 5 nitrogen and oxygen atoms in total. The van der Waals surface area contributed by atoms with Crippen molar-refractivity contribution in [2.24, 2.45) is 0 Å². The van der Waals surface area contributed by atoms with Gasteiger partial charge < -0.3 is 10.6 Å². The summed E-state index contributed by atoms with van der Waals surface area (Å²) in [6.45, 7) is 6.58. The highest BCUT2D eigenvalue weighted by Gasteiger charge is 2.10. The summed E-state index contributed by atoms with van der Waals surface area (Å²) in [5.74, 6) is 2.17. The minimum Gasteiger partial charge on any atom is -0.370 e. The number of anilines is 3. The molecule has 2 N–H and O–H groups in total. The van der Waals surface area contributed by atoms with E-state index in [1.54, 1.807) is 18.2 Å². The van der Waals surface area contributed by atoms with Gasteiger partial charge in [-0.15, -0.1) is 0 Å². The Morgan fingerprint density at radius 3 is 2.57 bits per heavy atom. The Morgan fingerprint density at radius 2 is 1.95 bits per heavy atom. The predicted octanol–water partition coefficient (Wildman–Crippen LogP) is 3.79. The quantitative estimate of drug-likeness (QED) is 0.898. The molecule has 1 aromatic heterocycles. The summed E-state index contributed by atoms with van der Waals surface area (Å²) >= 11 is 6.18. The minimum atomic E-state index is 0.481. The van der Waals surface area contributed by atoms with E-state index in [2.05, 4.69) is 26.7 Å². The van der Waals surface area contributed by atoms with E-state index in [9.17, 15) is 0 Å². The van der Waals surface area contributed by atoms with Gasteiger partial charge in [0.25, 0.3) is 0 Å². The Bertz CT molecular complexity index is 706. The number of nitrogens with one attached hydrogen (secondary N) is 2. The summed E-state index contributed by atoms with van der Waals surface area (Å²) < 4.78 is 0. The van der Waals surface area contributed by atoms with E-state index in [4.69, 9.17) is 16.9 Å². The van der Waals surface area contributed by atoms with Crippen molar-refractivity contribution in [2.75, 3.05) is 17.2 Å². The monoisotopic (exact) mass is 301 g/mol. The SMILES string of the molecule is CCNc1nc(C)nc(Nc2ccc(C#N)cc2Cl)c1C. The van der Waals surface area contributed by atoms with Gasteiger partial charge in [0.1, 0.15) is 17.5 Å². The third kappa shape index (κ3) is 3.41. The van der Waals surface area contributed by atoms with Gasteiger partial charge in [-0.25, -0.2) is 9.97 Å². The number of benzene rings is 1. The molecular formula is C15H16ClN5. The fourth-order valence-corrected chi connectivity index (χ4v) is 2.13. The maximum absolute atomic E-state index is 8.86. The van der Waals surface area contributed by atoms with Gasteiger partial charge in [-0.3, -0.25) is 0 Å². The van der Waals surface area contributed by atoms with E-state index in [1.807, 2.05) is 20.8 Å². The van der Waals surface area contributed by atoms with E-state index >= 15 is 0 Å². The smallest absolute Gasteiger partial charge is 0.139 e. The average Bonchev–Trinajstić information content (AvgIpc) is 2.46. The van der Waals surface area contributed by atoms with Crippen molar-refractivity contribution in [2.45, 2.75) is 20.8 Å². The molecule has 2 rings (SSSR count). The Morgan fingerprint density at radius 1 is 1.24 bits per heavy atom. The molecule has 2 aromatic rings. The maximum Gasteiger partial charge on any atom is 0.139 e. The van der Waals surface area contributed by atoms with Crippen LogP contribution in [0.15, 0.2) is 18.2 Å².